The molecule has 1 unspecified atom stereocenters. The monoisotopic (exact) mass is 259 g/mol. The Kier molecular flexibility index (Phi) is 8.37. The SMILES string of the molecule is CCOC(=O)CN(C)C(CC(C)C)C(=O)OCC. The van der Waals surface area contributed by atoms with Gasteiger partial charge in [-0.15, -0.1) is 0 Å². The molecule has 0 aliphatic rings. The van der Waals surface area contributed by atoms with Crippen LogP contribution in [-0.2, 0) is 19.1 Å². The van der Waals surface area contributed by atoms with Crippen molar-refractivity contribution in [3.8, 4) is 0 Å². The molecule has 5 heteroatoms. The summed E-state index contributed by atoms with van der Waals surface area (Å²) in [6.07, 6.45) is 0.661. The minimum Gasteiger partial charge on any atom is -0.465 e. The van der Waals surface area contributed by atoms with E-state index in [1.165, 1.54) is 0 Å². The van der Waals surface area contributed by atoms with Crippen molar-refractivity contribution in [1.29, 1.82) is 0 Å². The average Bonchev–Trinajstić information content (AvgIpc) is 2.25. The Morgan fingerprint density at radius 1 is 1.11 bits per heavy atom. The lowest BCUT2D eigenvalue weighted by molar-refractivity contribution is -0.152. The van der Waals surface area contributed by atoms with Gasteiger partial charge in [-0.05, 0) is 33.2 Å². The minimum atomic E-state index is -0.394. The van der Waals surface area contributed by atoms with Gasteiger partial charge in [0.1, 0.15) is 6.04 Å². The molecular weight excluding hydrogens is 234 g/mol. The molecule has 0 aromatic rings. The van der Waals surface area contributed by atoms with Gasteiger partial charge in [-0.1, -0.05) is 13.8 Å². The molecule has 0 aliphatic heterocycles. The topological polar surface area (TPSA) is 55.8 Å². The number of rotatable bonds is 8. The molecule has 18 heavy (non-hydrogen) atoms. The van der Waals surface area contributed by atoms with Crippen LogP contribution in [0.3, 0.4) is 0 Å². The van der Waals surface area contributed by atoms with Crippen LogP contribution in [0.2, 0.25) is 0 Å². The molecular formula is C13H25NO4. The third kappa shape index (κ3) is 6.59. The Hall–Kier alpha value is -1.10. The Bertz CT molecular complexity index is 266. The first-order valence-corrected chi connectivity index (χ1v) is 6.44. The van der Waals surface area contributed by atoms with E-state index in [4.69, 9.17) is 9.47 Å². The Morgan fingerprint density at radius 2 is 1.67 bits per heavy atom. The Morgan fingerprint density at radius 3 is 2.11 bits per heavy atom. The van der Waals surface area contributed by atoms with E-state index >= 15 is 0 Å². The number of hydrogen-bond donors (Lipinski definition) is 0. The fourth-order valence-electron chi connectivity index (χ4n) is 1.66. The highest BCUT2D eigenvalue weighted by Gasteiger charge is 2.27. The number of likely N-dealkylation sites (N-methyl/N-ethyl adjacent to an activating group) is 1. The van der Waals surface area contributed by atoms with E-state index in [9.17, 15) is 9.59 Å². The second-order valence-electron chi connectivity index (χ2n) is 4.62. The summed E-state index contributed by atoms with van der Waals surface area (Å²) in [5.74, 6) is -0.250. The normalized spacial score (nSPS) is 12.6. The van der Waals surface area contributed by atoms with Crippen LogP contribution in [0.15, 0.2) is 0 Å². The number of hydrogen-bond acceptors (Lipinski definition) is 5. The van der Waals surface area contributed by atoms with Crippen LogP contribution >= 0.6 is 0 Å². The van der Waals surface area contributed by atoms with Crippen molar-refractivity contribution in [2.45, 2.75) is 40.2 Å². The van der Waals surface area contributed by atoms with Gasteiger partial charge in [0.25, 0.3) is 0 Å². The zero-order valence-corrected chi connectivity index (χ0v) is 12.1. The fourth-order valence-corrected chi connectivity index (χ4v) is 1.66. The lowest BCUT2D eigenvalue weighted by Crippen LogP contribution is -2.43. The third-order valence-corrected chi connectivity index (χ3v) is 2.47. The Labute approximate surface area is 109 Å². The molecule has 0 aliphatic carbocycles. The summed E-state index contributed by atoms with van der Waals surface area (Å²) in [5.41, 5.74) is 0. The Balaban J connectivity index is 4.53. The van der Waals surface area contributed by atoms with Gasteiger partial charge in [0.2, 0.25) is 0 Å². The maximum absolute atomic E-state index is 11.8. The summed E-state index contributed by atoms with van der Waals surface area (Å²) in [6.45, 7) is 8.39. The van der Waals surface area contributed by atoms with Crippen molar-refractivity contribution in [2.24, 2.45) is 5.92 Å². The largest absolute Gasteiger partial charge is 0.465 e. The molecule has 0 N–H and O–H groups in total. The van der Waals surface area contributed by atoms with E-state index in [0.29, 0.717) is 25.6 Å². The third-order valence-electron chi connectivity index (χ3n) is 2.47. The van der Waals surface area contributed by atoms with E-state index in [1.807, 2.05) is 13.8 Å². The lowest BCUT2D eigenvalue weighted by atomic mass is 10.0. The van der Waals surface area contributed by atoms with E-state index in [1.54, 1.807) is 25.8 Å². The molecule has 0 aromatic heterocycles. The first-order chi connectivity index (χ1) is 8.42. The second kappa shape index (κ2) is 8.91. The van der Waals surface area contributed by atoms with E-state index in [-0.39, 0.29) is 18.5 Å². The lowest BCUT2D eigenvalue weighted by Gasteiger charge is -2.26. The van der Waals surface area contributed by atoms with Crippen LogP contribution in [0.25, 0.3) is 0 Å². The first-order valence-electron chi connectivity index (χ1n) is 6.44. The number of carbonyl (C=O) groups excluding carboxylic acids is 2. The molecule has 0 amide bonds. The highest BCUT2D eigenvalue weighted by Crippen LogP contribution is 2.12. The molecule has 0 saturated heterocycles. The van der Waals surface area contributed by atoms with Crippen LogP contribution in [0.4, 0.5) is 0 Å². The molecule has 0 fully saturated rings. The molecule has 0 spiro atoms. The van der Waals surface area contributed by atoms with Crippen LogP contribution in [0, 0.1) is 5.92 Å². The summed E-state index contributed by atoms with van der Waals surface area (Å²) in [6, 6.07) is -0.394. The van der Waals surface area contributed by atoms with Crippen molar-refractivity contribution < 1.29 is 19.1 Å². The van der Waals surface area contributed by atoms with Crippen LogP contribution in [0.5, 0.6) is 0 Å². The quantitative estimate of drug-likeness (QED) is 0.618. The summed E-state index contributed by atoms with van der Waals surface area (Å²) in [5, 5.41) is 0. The predicted molar refractivity (Wildman–Crippen MR) is 69.1 cm³/mol. The number of nitrogens with zero attached hydrogens (tertiary/aromatic N) is 1. The van der Waals surface area contributed by atoms with E-state index < -0.39 is 6.04 Å². The standard InChI is InChI=1S/C13H25NO4/c1-6-17-12(15)9-14(5)11(8-10(3)4)13(16)18-7-2/h10-11H,6-9H2,1-5H3. The van der Waals surface area contributed by atoms with Crippen LogP contribution < -0.4 is 0 Å². The van der Waals surface area contributed by atoms with Gasteiger partial charge in [0, 0.05) is 0 Å². The van der Waals surface area contributed by atoms with Crippen LogP contribution in [0.1, 0.15) is 34.1 Å². The smallest absolute Gasteiger partial charge is 0.323 e. The number of ether oxygens (including phenoxy) is 2. The van der Waals surface area contributed by atoms with Crippen molar-refractivity contribution in [3.63, 3.8) is 0 Å². The molecule has 0 aromatic carbocycles. The highest BCUT2D eigenvalue weighted by atomic mass is 16.5. The summed E-state index contributed by atoms with van der Waals surface area (Å²) in [4.78, 5) is 24.9. The maximum atomic E-state index is 11.8. The molecule has 0 radical (unpaired) electrons. The van der Waals surface area contributed by atoms with Crippen molar-refractivity contribution in [2.75, 3.05) is 26.8 Å². The molecule has 0 heterocycles. The molecule has 5 nitrogen and oxygen atoms in total. The minimum absolute atomic E-state index is 0.101. The highest BCUT2D eigenvalue weighted by molar-refractivity contribution is 5.77. The first kappa shape index (κ1) is 16.9. The number of esters is 2. The maximum Gasteiger partial charge on any atom is 0.323 e. The number of carbonyl (C=O) groups is 2. The molecule has 0 saturated carbocycles. The van der Waals surface area contributed by atoms with Gasteiger partial charge in [0.05, 0.1) is 19.8 Å². The molecule has 106 valence electrons. The van der Waals surface area contributed by atoms with E-state index in [2.05, 4.69) is 0 Å². The van der Waals surface area contributed by atoms with Gasteiger partial charge in [-0.3, -0.25) is 14.5 Å². The zero-order chi connectivity index (χ0) is 14.1. The van der Waals surface area contributed by atoms with E-state index in [0.717, 1.165) is 0 Å². The van der Waals surface area contributed by atoms with Gasteiger partial charge in [-0.2, -0.15) is 0 Å². The average molecular weight is 259 g/mol. The van der Waals surface area contributed by atoms with Crippen molar-refractivity contribution >= 4 is 11.9 Å². The fraction of sp³-hybridized carbons (Fsp3) is 0.846. The summed E-state index contributed by atoms with van der Waals surface area (Å²) < 4.78 is 9.91. The predicted octanol–water partition coefficient (Wildman–Crippen LogP) is 1.46. The zero-order valence-electron chi connectivity index (χ0n) is 12.1. The molecule has 1 atom stereocenters. The van der Waals surface area contributed by atoms with Gasteiger partial charge in [-0.25, -0.2) is 0 Å². The molecule has 0 bridgehead atoms. The second-order valence-corrected chi connectivity index (χ2v) is 4.62. The summed E-state index contributed by atoms with van der Waals surface area (Å²) in [7, 11) is 1.74. The van der Waals surface area contributed by atoms with Crippen molar-refractivity contribution in [3.05, 3.63) is 0 Å². The molecule has 0 rings (SSSR count). The van der Waals surface area contributed by atoms with Gasteiger partial charge < -0.3 is 9.47 Å². The van der Waals surface area contributed by atoms with Gasteiger partial charge >= 0.3 is 11.9 Å². The van der Waals surface area contributed by atoms with Crippen LogP contribution in [-0.4, -0.2) is 49.7 Å². The summed E-state index contributed by atoms with van der Waals surface area (Å²) >= 11 is 0. The van der Waals surface area contributed by atoms with Gasteiger partial charge in [0.15, 0.2) is 0 Å². The van der Waals surface area contributed by atoms with Crippen molar-refractivity contribution in [1.82, 2.24) is 4.90 Å².